The van der Waals surface area contributed by atoms with Gasteiger partial charge in [0.2, 0.25) is 5.91 Å². The van der Waals surface area contributed by atoms with Gasteiger partial charge in [-0.3, -0.25) is 4.79 Å². The number of nitrogens with zero attached hydrogens (tertiary/aromatic N) is 1. The summed E-state index contributed by atoms with van der Waals surface area (Å²) in [5, 5.41) is 0. The molecule has 0 aliphatic carbocycles. The van der Waals surface area contributed by atoms with Crippen LogP contribution < -0.4 is 0 Å². The molecule has 170 valence electrons. The maximum Gasteiger partial charge on any atom is 0.334 e. The van der Waals surface area contributed by atoms with Gasteiger partial charge >= 0.3 is 5.97 Å². The minimum atomic E-state index is -0.433. The molecular formula is C24H33NO6. The van der Waals surface area contributed by atoms with Crippen LogP contribution in [0.4, 0.5) is 0 Å². The van der Waals surface area contributed by atoms with Crippen LogP contribution in [0.3, 0.4) is 0 Å². The Hall–Kier alpha value is -2.22. The molecule has 7 nitrogen and oxygen atoms in total. The van der Waals surface area contributed by atoms with Crippen molar-refractivity contribution in [3.05, 3.63) is 47.5 Å². The molecule has 0 N–H and O–H groups in total. The van der Waals surface area contributed by atoms with Crippen molar-refractivity contribution in [2.24, 2.45) is 11.3 Å². The number of methoxy groups -OCH3 is 2. The van der Waals surface area contributed by atoms with E-state index in [1.54, 1.807) is 7.11 Å². The largest absolute Gasteiger partial charge is 0.466 e. The van der Waals surface area contributed by atoms with Crippen molar-refractivity contribution in [2.75, 3.05) is 40.8 Å². The number of ether oxygens (including phenoxy) is 4. The summed E-state index contributed by atoms with van der Waals surface area (Å²) in [5.74, 6) is -0.228. The zero-order valence-electron chi connectivity index (χ0n) is 18.7. The zero-order valence-corrected chi connectivity index (χ0v) is 18.7. The van der Waals surface area contributed by atoms with Crippen LogP contribution in [0.1, 0.15) is 31.7 Å². The molecule has 31 heavy (non-hydrogen) atoms. The summed E-state index contributed by atoms with van der Waals surface area (Å²) in [6.07, 6.45) is 3.77. The van der Waals surface area contributed by atoms with Crippen LogP contribution in [-0.2, 0) is 35.1 Å². The van der Waals surface area contributed by atoms with E-state index in [1.807, 2.05) is 41.3 Å². The average molecular weight is 432 g/mol. The summed E-state index contributed by atoms with van der Waals surface area (Å²) in [6.45, 7) is 4.70. The summed E-state index contributed by atoms with van der Waals surface area (Å²) in [5.41, 5.74) is 1.23. The predicted molar refractivity (Wildman–Crippen MR) is 115 cm³/mol. The highest BCUT2D eigenvalue weighted by atomic mass is 16.7. The molecule has 1 amide bonds. The maximum atomic E-state index is 12.8. The van der Waals surface area contributed by atoms with Crippen molar-refractivity contribution in [1.82, 2.24) is 4.90 Å². The van der Waals surface area contributed by atoms with Gasteiger partial charge in [0.05, 0.1) is 32.8 Å². The van der Waals surface area contributed by atoms with Gasteiger partial charge in [-0.25, -0.2) is 4.79 Å². The molecule has 2 aliphatic rings. The van der Waals surface area contributed by atoms with Crippen molar-refractivity contribution < 1.29 is 28.5 Å². The van der Waals surface area contributed by atoms with E-state index in [0.717, 1.165) is 18.4 Å². The van der Waals surface area contributed by atoms with Crippen LogP contribution in [0.15, 0.2) is 42.0 Å². The van der Waals surface area contributed by atoms with Gasteiger partial charge in [0.15, 0.2) is 0 Å². The second kappa shape index (κ2) is 10.9. The number of fused-ring (bicyclic) bond motifs is 1. The molecule has 0 aromatic heterocycles. The normalized spacial score (nSPS) is 25.3. The molecule has 2 heterocycles. The van der Waals surface area contributed by atoms with Gasteiger partial charge < -0.3 is 23.8 Å². The van der Waals surface area contributed by atoms with Crippen molar-refractivity contribution >= 4 is 11.9 Å². The number of hydrogen-bond acceptors (Lipinski definition) is 6. The Morgan fingerprint density at radius 3 is 2.68 bits per heavy atom. The molecule has 1 aromatic rings. The highest BCUT2D eigenvalue weighted by molar-refractivity contribution is 5.97. The SMILES string of the molecule is COCOCCC[C@@H]1CN2C(=O)CC(C(=O)OC)=C[C@@H]2[C@]1(C)COCc1ccccc1. The first kappa shape index (κ1) is 23.4. The Balaban J connectivity index is 1.75. The van der Waals surface area contributed by atoms with E-state index in [2.05, 4.69) is 6.92 Å². The molecule has 0 spiro atoms. The third kappa shape index (κ3) is 5.53. The summed E-state index contributed by atoms with van der Waals surface area (Å²) in [4.78, 5) is 26.9. The quantitative estimate of drug-likeness (QED) is 0.305. The van der Waals surface area contributed by atoms with Gasteiger partial charge in [0, 0.05) is 31.2 Å². The molecule has 0 bridgehead atoms. The highest BCUT2D eigenvalue weighted by Crippen LogP contribution is 2.47. The summed E-state index contributed by atoms with van der Waals surface area (Å²) in [6, 6.07) is 9.84. The fraction of sp³-hybridized carbons (Fsp3) is 0.583. The smallest absolute Gasteiger partial charge is 0.334 e. The predicted octanol–water partition coefficient (Wildman–Crippen LogP) is 2.94. The number of amides is 1. The van der Waals surface area contributed by atoms with E-state index in [-0.39, 0.29) is 36.5 Å². The first-order valence-corrected chi connectivity index (χ1v) is 10.8. The molecule has 3 atom stereocenters. The first-order chi connectivity index (χ1) is 15.0. The minimum absolute atomic E-state index is 0.0275. The average Bonchev–Trinajstić information content (AvgIpc) is 3.06. The van der Waals surface area contributed by atoms with E-state index in [9.17, 15) is 9.59 Å². The summed E-state index contributed by atoms with van der Waals surface area (Å²) < 4.78 is 21.4. The van der Waals surface area contributed by atoms with Crippen molar-refractivity contribution in [2.45, 2.75) is 38.8 Å². The molecule has 2 aliphatic heterocycles. The lowest BCUT2D eigenvalue weighted by Crippen LogP contribution is -2.46. The lowest BCUT2D eigenvalue weighted by molar-refractivity contribution is -0.140. The fourth-order valence-corrected chi connectivity index (χ4v) is 4.64. The van der Waals surface area contributed by atoms with E-state index >= 15 is 0 Å². The van der Waals surface area contributed by atoms with Crippen LogP contribution in [0, 0.1) is 11.3 Å². The lowest BCUT2D eigenvalue weighted by Gasteiger charge is -2.38. The lowest BCUT2D eigenvalue weighted by atomic mass is 9.72. The van der Waals surface area contributed by atoms with Gasteiger partial charge in [0.1, 0.15) is 6.79 Å². The van der Waals surface area contributed by atoms with Crippen molar-refractivity contribution in [1.29, 1.82) is 0 Å². The second-order valence-corrected chi connectivity index (χ2v) is 8.49. The molecule has 1 fully saturated rings. The van der Waals surface area contributed by atoms with E-state index in [4.69, 9.17) is 18.9 Å². The standard InChI is InChI=1S/C24H33NO6/c1-24(16-31-15-18-8-5-4-6-9-18)20(10-7-11-30-17-28-2)14-25-21(24)12-19(13-22(25)26)23(27)29-3/h4-6,8-9,12,20-21H,7,10-11,13-17H2,1-3H3/t20-,21-,24-/m1/s1. The number of benzene rings is 1. The molecule has 1 aromatic carbocycles. The van der Waals surface area contributed by atoms with Gasteiger partial charge in [-0.1, -0.05) is 43.3 Å². The van der Waals surface area contributed by atoms with Crippen LogP contribution in [0.5, 0.6) is 0 Å². The Labute approximate surface area is 184 Å². The Morgan fingerprint density at radius 1 is 1.19 bits per heavy atom. The number of carbonyl (C=O) groups excluding carboxylic acids is 2. The number of rotatable bonds is 11. The van der Waals surface area contributed by atoms with Gasteiger partial charge in [0.25, 0.3) is 0 Å². The Kier molecular flexibility index (Phi) is 8.23. The summed E-state index contributed by atoms with van der Waals surface area (Å²) >= 11 is 0. The van der Waals surface area contributed by atoms with E-state index in [1.165, 1.54) is 7.11 Å². The molecule has 7 heteroatoms. The van der Waals surface area contributed by atoms with Crippen LogP contribution >= 0.6 is 0 Å². The van der Waals surface area contributed by atoms with E-state index < -0.39 is 5.97 Å². The summed E-state index contributed by atoms with van der Waals surface area (Å²) in [7, 11) is 2.95. The van der Waals surface area contributed by atoms with Gasteiger partial charge in [-0.15, -0.1) is 0 Å². The molecule has 0 saturated carbocycles. The van der Waals surface area contributed by atoms with Crippen LogP contribution in [0.25, 0.3) is 0 Å². The maximum absolute atomic E-state index is 12.8. The molecule has 0 radical (unpaired) electrons. The van der Waals surface area contributed by atoms with E-state index in [0.29, 0.717) is 31.9 Å². The van der Waals surface area contributed by atoms with Gasteiger partial charge in [-0.2, -0.15) is 0 Å². The number of esters is 1. The zero-order chi connectivity index (χ0) is 22.3. The van der Waals surface area contributed by atoms with Crippen LogP contribution in [-0.4, -0.2) is 63.6 Å². The monoisotopic (exact) mass is 431 g/mol. The van der Waals surface area contributed by atoms with Crippen LogP contribution in [0.2, 0.25) is 0 Å². The van der Waals surface area contributed by atoms with Crippen molar-refractivity contribution in [3.8, 4) is 0 Å². The minimum Gasteiger partial charge on any atom is -0.466 e. The fourth-order valence-electron chi connectivity index (χ4n) is 4.64. The topological polar surface area (TPSA) is 74.3 Å². The molecular weight excluding hydrogens is 398 g/mol. The number of carbonyl (C=O) groups is 2. The van der Waals surface area contributed by atoms with Gasteiger partial charge in [-0.05, 0) is 24.3 Å². The molecule has 1 saturated heterocycles. The molecule has 3 rings (SSSR count). The highest BCUT2D eigenvalue weighted by Gasteiger charge is 2.53. The Bertz CT molecular complexity index is 780. The third-order valence-electron chi connectivity index (χ3n) is 6.40. The number of hydrogen-bond donors (Lipinski definition) is 0. The Morgan fingerprint density at radius 2 is 1.97 bits per heavy atom. The third-order valence-corrected chi connectivity index (χ3v) is 6.40. The first-order valence-electron chi connectivity index (χ1n) is 10.8. The van der Waals surface area contributed by atoms with Crippen molar-refractivity contribution in [3.63, 3.8) is 0 Å². The molecule has 0 unspecified atom stereocenters. The second-order valence-electron chi connectivity index (χ2n) is 8.49.